The molecule has 1 aliphatic carbocycles. The van der Waals surface area contributed by atoms with E-state index in [-0.39, 0.29) is 0 Å². The molecule has 4 heteroatoms. The Balaban J connectivity index is 1.79. The van der Waals surface area contributed by atoms with Crippen LogP contribution < -0.4 is 5.32 Å². The Hall–Kier alpha value is -0.450. The zero-order valence-electron chi connectivity index (χ0n) is 12.5. The smallest absolute Gasteiger partial charge is 0.107 e. The zero-order chi connectivity index (χ0) is 13.7. The van der Waals surface area contributed by atoms with Crippen LogP contribution in [0.3, 0.4) is 0 Å². The summed E-state index contributed by atoms with van der Waals surface area (Å²) in [6.07, 6.45) is 3.94. The average molecular weight is 281 g/mol. The summed E-state index contributed by atoms with van der Waals surface area (Å²) in [5.74, 6) is 0.773. The second-order valence-electron chi connectivity index (χ2n) is 5.73. The van der Waals surface area contributed by atoms with Crippen LogP contribution >= 0.6 is 11.3 Å². The van der Waals surface area contributed by atoms with Crippen LogP contribution in [-0.2, 0) is 13.1 Å². The molecule has 0 spiro atoms. The van der Waals surface area contributed by atoms with Crippen molar-refractivity contribution in [2.75, 3.05) is 13.1 Å². The fourth-order valence-corrected chi connectivity index (χ4v) is 2.86. The number of nitrogens with zero attached hydrogens (tertiary/aromatic N) is 2. The Bertz CT molecular complexity index is 373. The third kappa shape index (κ3) is 5.21. The Morgan fingerprint density at radius 2 is 2.26 bits per heavy atom. The number of thiazole rings is 1. The summed E-state index contributed by atoms with van der Waals surface area (Å²) in [5.41, 5.74) is 1.24. The van der Waals surface area contributed by atoms with E-state index in [0.29, 0.717) is 0 Å². The Kier molecular flexibility index (Phi) is 5.79. The van der Waals surface area contributed by atoms with Crippen molar-refractivity contribution in [3.63, 3.8) is 0 Å². The molecule has 2 rings (SSSR count). The van der Waals surface area contributed by atoms with Gasteiger partial charge in [-0.15, -0.1) is 11.3 Å². The number of rotatable bonds is 9. The van der Waals surface area contributed by atoms with E-state index in [9.17, 15) is 0 Å². The van der Waals surface area contributed by atoms with Gasteiger partial charge in [-0.05, 0) is 25.3 Å². The van der Waals surface area contributed by atoms with Gasteiger partial charge in [0.2, 0.25) is 0 Å². The number of hydrogen-bond donors (Lipinski definition) is 1. The maximum Gasteiger partial charge on any atom is 0.107 e. The van der Waals surface area contributed by atoms with E-state index in [1.807, 2.05) is 0 Å². The first-order valence-corrected chi connectivity index (χ1v) is 8.48. The topological polar surface area (TPSA) is 28.2 Å². The molecule has 0 radical (unpaired) electrons. The zero-order valence-corrected chi connectivity index (χ0v) is 13.3. The van der Waals surface area contributed by atoms with Gasteiger partial charge in [0.1, 0.15) is 5.01 Å². The third-order valence-corrected chi connectivity index (χ3v) is 4.72. The molecule has 0 saturated heterocycles. The highest BCUT2D eigenvalue weighted by Crippen LogP contribution is 2.20. The van der Waals surface area contributed by atoms with E-state index in [0.717, 1.165) is 31.6 Å². The van der Waals surface area contributed by atoms with Crippen molar-refractivity contribution in [1.82, 2.24) is 15.2 Å². The van der Waals surface area contributed by atoms with E-state index >= 15 is 0 Å². The molecule has 108 valence electrons. The Labute approximate surface area is 121 Å². The summed E-state index contributed by atoms with van der Waals surface area (Å²) in [4.78, 5) is 7.25. The highest BCUT2D eigenvalue weighted by molar-refractivity contribution is 7.09. The summed E-state index contributed by atoms with van der Waals surface area (Å²) in [5, 5.41) is 6.99. The lowest BCUT2D eigenvalue weighted by Gasteiger charge is -2.22. The van der Waals surface area contributed by atoms with Gasteiger partial charge in [-0.1, -0.05) is 27.2 Å². The summed E-state index contributed by atoms with van der Waals surface area (Å²) in [6, 6.07) is 0.768. The van der Waals surface area contributed by atoms with E-state index in [2.05, 4.69) is 36.4 Å². The van der Waals surface area contributed by atoms with Crippen molar-refractivity contribution in [2.45, 2.75) is 59.2 Å². The van der Waals surface area contributed by atoms with Crippen molar-refractivity contribution in [1.29, 1.82) is 0 Å². The molecule has 0 amide bonds. The van der Waals surface area contributed by atoms with E-state index in [1.54, 1.807) is 11.3 Å². The average Bonchev–Trinajstić information content (AvgIpc) is 3.15. The summed E-state index contributed by atoms with van der Waals surface area (Å²) < 4.78 is 0. The van der Waals surface area contributed by atoms with Gasteiger partial charge in [0, 0.05) is 31.1 Å². The fraction of sp³-hybridized carbons (Fsp3) is 0.800. The number of hydrogen-bond acceptors (Lipinski definition) is 4. The van der Waals surface area contributed by atoms with Gasteiger partial charge in [0.15, 0.2) is 0 Å². The summed E-state index contributed by atoms with van der Waals surface area (Å²) in [6.45, 7) is 11.1. The van der Waals surface area contributed by atoms with Crippen LogP contribution in [-0.4, -0.2) is 29.0 Å². The molecule has 1 unspecified atom stereocenters. The minimum atomic E-state index is 0.768. The first-order valence-electron chi connectivity index (χ1n) is 7.60. The van der Waals surface area contributed by atoms with Crippen molar-refractivity contribution < 1.29 is 0 Å². The fourth-order valence-electron chi connectivity index (χ4n) is 2.13. The van der Waals surface area contributed by atoms with Crippen LogP contribution in [0.5, 0.6) is 0 Å². The molecule has 1 aliphatic rings. The second kappa shape index (κ2) is 7.36. The molecule has 1 aromatic rings. The lowest BCUT2D eigenvalue weighted by Crippen LogP contribution is -2.28. The molecule has 1 atom stereocenters. The van der Waals surface area contributed by atoms with Gasteiger partial charge >= 0.3 is 0 Å². The monoisotopic (exact) mass is 281 g/mol. The largest absolute Gasteiger partial charge is 0.308 e. The molecule has 1 saturated carbocycles. The summed E-state index contributed by atoms with van der Waals surface area (Å²) >= 11 is 1.80. The van der Waals surface area contributed by atoms with Crippen LogP contribution in [0, 0.1) is 5.92 Å². The van der Waals surface area contributed by atoms with Gasteiger partial charge in [-0.3, -0.25) is 4.90 Å². The molecule has 1 aromatic heterocycles. The molecule has 3 nitrogen and oxygen atoms in total. The second-order valence-corrected chi connectivity index (χ2v) is 6.67. The van der Waals surface area contributed by atoms with Gasteiger partial charge in [-0.25, -0.2) is 4.98 Å². The Morgan fingerprint density at radius 3 is 2.89 bits per heavy atom. The minimum Gasteiger partial charge on any atom is -0.308 e. The molecule has 0 aliphatic heterocycles. The van der Waals surface area contributed by atoms with Gasteiger partial charge in [-0.2, -0.15) is 0 Å². The SMILES string of the molecule is CCC(C)CN(CC)Cc1csc(CNC2CC2)n1. The molecule has 19 heavy (non-hydrogen) atoms. The molecule has 1 heterocycles. The van der Waals surface area contributed by atoms with E-state index < -0.39 is 0 Å². The summed E-state index contributed by atoms with van der Waals surface area (Å²) in [7, 11) is 0. The number of nitrogens with one attached hydrogen (secondary N) is 1. The maximum atomic E-state index is 4.75. The van der Waals surface area contributed by atoms with Crippen LogP contribution in [0.25, 0.3) is 0 Å². The molecule has 0 bridgehead atoms. The predicted molar refractivity (Wildman–Crippen MR) is 82.4 cm³/mol. The van der Waals surface area contributed by atoms with Crippen molar-refractivity contribution >= 4 is 11.3 Å². The first kappa shape index (κ1) is 14.9. The number of aromatic nitrogens is 1. The lowest BCUT2D eigenvalue weighted by molar-refractivity contribution is 0.236. The quantitative estimate of drug-likeness (QED) is 0.753. The predicted octanol–water partition coefficient (Wildman–Crippen LogP) is 3.26. The lowest BCUT2D eigenvalue weighted by atomic mass is 10.1. The molecule has 1 fully saturated rings. The highest BCUT2D eigenvalue weighted by atomic mass is 32.1. The molecule has 0 aromatic carbocycles. The Morgan fingerprint density at radius 1 is 1.47 bits per heavy atom. The standard InChI is InChI=1S/C15H27N3S/c1-4-12(3)9-18(5-2)10-14-11-19-15(17-14)8-16-13-6-7-13/h11-13,16H,4-10H2,1-3H3. The highest BCUT2D eigenvalue weighted by Gasteiger charge is 2.20. The van der Waals surface area contributed by atoms with Crippen LogP contribution in [0.4, 0.5) is 0 Å². The molecular weight excluding hydrogens is 254 g/mol. The normalized spacial score (nSPS) is 17.1. The third-order valence-electron chi connectivity index (χ3n) is 3.82. The van der Waals surface area contributed by atoms with Crippen LogP contribution in [0.2, 0.25) is 0 Å². The molecule has 1 N–H and O–H groups in total. The van der Waals surface area contributed by atoms with E-state index in [1.165, 1.54) is 36.5 Å². The van der Waals surface area contributed by atoms with Gasteiger partial charge in [0.25, 0.3) is 0 Å². The van der Waals surface area contributed by atoms with Crippen molar-refractivity contribution in [2.24, 2.45) is 5.92 Å². The van der Waals surface area contributed by atoms with Gasteiger partial charge < -0.3 is 5.32 Å². The van der Waals surface area contributed by atoms with Crippen molar-refractivity contribution in [3.05, 3.63) is 16.1 Å². The first-order chi connectivity index (χ1) is 9.21. The van der Waals surface area contributed by atoms with Crippen LogP contribution in [0.15, 0.2) is 5.38 Å². The molecular formula is C15H27N3S. The maximum absolute atomic E-state index is 4.75. The minimum absolute atomic E-state index is 0.768. The van der Waals surface area contributed by atoms with Crippen LogP contribution in [0.1, 0.15) is 50.7 Å². The van der Waals surface area contributed by atoms with Gasteiger partial charge in [0.05, 0.1) is 5.69 Å². The van der Waals surface area contributed by atoms with E-state index in [4.69, 9.17) is 4.98 Å². The van der Waals surface area contributed by atoms with Crippen molar-refractivity contribution in [3.8, 4) is 0 Å².